The first-order valence-corrected chi connectivity index (χ1v) is 9.96. The van der Waals surface area contributed by atoms with Gasteiger partial charge in [0.05, 0.1) is 12.1 Å². The molecule has 1 aliphatic heterocycles. The van der Waals surface area contributed by atoms with Crippen LogP contribution in [0.15, 0.2) is 85.1 Å². The summed E-state index contributed by atoms with van der Waals surface area (Å²) in [7, 11) is 0. The molecule has 0 atom stereocenters. The molecule has 0 saturated heterocycles. The third-order valence-electron chi connectivity index (χ3n) is 5.28. The quantitative estimate of drug-likeness (QED) is 0.466. The summed E-state index contributed by atoms with van der Waals surface area (Å²) < 4.78 is 5.94. The van der Waals surface area contributed by atoms with Crippen molar-refractivity contribution < 1.29 is 9.53 Å². The number of fused-ring (bicyclic) bond motifs is 2. The van der Waals surface area contributed by atoms with Gasteiger partial charge in [-0.3, -0.25) is 9.78 Å². The maximum atomic E-state index is 12.3. The van der Waals surface area contributed by atoms with Gasteiger partial charge in [0.25, 0.3) is 5.91 Å². The summed E-state index contributed by atoms with van der Waals surface area (Å²) in [5.74, 6) is 0.743. The largest absolute Gasteiger partial charge is 0.493 e. The zero-order chi connectivity index (χ0) is 20.3. The van der Waals surface area contributed by atoms with Crippen LogP contribution in [-0.2, 0) is 11.2 Å². The molecule has 0 spiro atoms. The zero-order valence-corrected chi connectivity index (χ0v) is 16.3. The van der Waals surface area contributed by atoms with Gasteiger partial charge in [0.15, 0.2) is 0 Å². The lowest BCUT2D eigenvalue weighted by Gasteiger charge is -2.09. The predicted octanol–water partition coefficient (Wildman–Crippen LogP) is 5.35. The Labute approximate surface area is 174 Å². The van der Waals surface area contributed by atoms with E-state index in [-0.39, 0.29) is 5.91 Å². The molecule has 5 rings (SSSR count). The van der Waals surface area contributed by atoms with Crippen LogP contribution < -0.4 is 10.1 Å². The van der Waals surface area contributed by atoms with E-state index in [1.165, 1.54) is 10.9 Å². The van der Waals surface area contributed by atoms with Gasteiger partial charge in [0.1, 0.15) is 5.75 Å². The van der Waals surface area contributed by atoms with Crippen LogP contribution >= 0.6 is 0 Å². The smallest absolute Gasteiger partial charge is 0.256 e. The van der Waals surface area contributed by atoms with Gasteiger partial charge in [0, 0.05) is 34.8 Å². The molecule has 0 radical (unpaired) electrons. The topological polar surface area (TPSA) is 51.2 Å². The fraction of sp³-hybridized carbons (Fsp3) is 0.0769. The lowest BCUT2D eigenvalue weighted by Crippen LogP contribution is -2.03. The van der Waals surface area contributed by atoms with E-state index in [0.717, 1.165) is 34.5 Å². The maximum absolute atomic E-state index is 12.3. The van der Waals surface area contributed by atoms with Crippen LogP contribution in [0, 0.1) is 0 Å². The Balaban J connectivity index is 1.26. The van der Waals surface area contributed by atoms with Gasteiger partial charge in [0.2, 0.25) is 0 Å². The van der Waals surface area contributed by atoms with Crippen molar-refractivity contribution >= 4 is 34.1 Å². The number of pyridine rings is 1. The first-order chi connectivity index (χ1) is 14.8. The van der Waals surface area contributed by atoms with E-state index in [1.54, 1.807) is 0 Å². The van der Waals surface area contributed by atoms with Crippen molar-refractivity contribution in [3.63, 3.8) is 0 Å². The molecule has 0 bridgehead atoms. The summed E-state index contributed by atoms with van der Waals surface area (Å²) in [5.41, 5.74) is 5.68. The number of aromatic nitrogens is 1. The number of nitrogens with zero attached hydrogens (tertiary/aromatic N) is 1. The molecule has 30 heavy (non-hydrogen) atoms. The third-order valence-corrected chi connectivity index (χ3v) is 5.28. The van der Waals surface area contributed by atoms with Gasteiger partial charge in [-0.25, -0.2) is 0 Å². The lowest BCUT2D eigenvalue weighted by atomic mass is 10.0. The number of rotatable bonds is 5. The van der Waals surface area contributed by atoms with Gasteiger partial charge in [-0.2, -0.15) is 0 Å². The SMILES string of the molecule is O=C1Nc2ccccc2C1=Cc1ccc(OCCc2ccnc3ccccc23)cc1. The van der Waals surface area contributed by atoms with Crippen molar-refractivity contribution in [1.82, 2.24) is 4.98 Å². The molecule has 1 aromatic heterocycles. The van der Waals surface area contributed by atoms with Gasteiger partial charge >= 0.3 is 0 Å². The number of carbonyl (C=O) groups is 1. The molecule has 0 saturated carbocycles. The average Bonchev–Trinajstić information content (AvgIpc) is 3.10. The fourth-order valence-electron chi connectivity index (χ4n) is 3.76. The minimum Gasteiger partial charge on any atom is -0.493 e. The number of amides is 1. The minimum absolute atomic E-state index is 0.0684. The van der Waals surface area contributed by atoms with E-state index in [4.69, 9.17) is 4.74 Å². The van der Waals surface area contributed by atoms with Crippen LogP contribution in [0.2, 0.25) is 0 Å². The molecule has 2 heterocycles. The molecule has 0 unspecified atom stereocenters. The number of para-hydroxylation sites is 2. The predicted molar refractivity (Wildman–Crippen MR) is 120 cm³/mol. The Bertz CT molecular complexity index is 1250. The number of nitrogens with one attached hydrogen (secondary N) is 1. The molecule has 1 aliphatic rings. The van der Waals surface area contributed by atoms with E-state index in [9.17, 15) is 4.79 Å². The number of ether oxygens (including phenoxy) is 1. The highest BCUT2D eigenvalue weighted by Gasteiger charge is 2.23. The monoisotopic (exact) mass is 392 g/mol. The first-order valence-electron chi connectivity index (χ1n) is 9.96. The van der Waals surface area contributed by atoms with Gasteiger partial charge in [-0.05, 0) is 47.5 Å². The molecule has 0 aliphatic carbocycles. The fourth-order valence-corrected chi connectivity index (χ4v) is 3.76. The van der Waals surface area contributed by atoms with Crippen LogP contribution in [0.1, 0.15) is 16.7 Å². The molecule has 1 N–H and O–H groups in total. The van der Waals surface area contributed by atoms with Gasteiger partial charge in [-0.15, -0.1) is 0 Å². The third kappa shape index (κ3) is 3.55. The second-order valence-electron chi connectivity index (χ2n) is 7.21. The molecular weight excluding hydrogens is 372 g/mol. The summed E-state index contributed by atoms with van der Waals surface area (Å²) in [6.07, 6.45) is 4.57. The van der Waals surface area contributed by atoms with E-state index < -0.39 is 0 Å². The van der Waals surface area contributed by atoms with Crippen LogP contribution in [0.3, 0.4) is 0 Å². The van der Waals surface area contributed by atoms with Crippen molar-refractivity contribution in [2.75, 3.05) is 11.9 Å². The number of benzene rings is 3. The van der Waals surface area contributed by atoms with Crippen LogP contribution in [-0.4, -0.2) is 17.5 Å². The zero-order valence-electron chi connectivity index (χ0n) is 16.3. The Morgan fingerprint density at radius 1 is 0.900 bits per heavy atom. The highest BCUT2D eigenvalue weighted by atomic mass is 16.5. The normalized spacial score (nSPS) is 14.0. The molecule has 146 valence electrons. The molecule has 3 aromatic carbocycles. The van der Waals surface area contributed by atoms with Crippen molar-refractivity contribution in [2.45, 2.75) is 6.42 Å². The Kier molecular flexibility index (Phi) is 4.74. The van der Waals surface area contributed by atoms with Crippen LogP contribution in [0.4, 0.5) is 5.69 Å². The molecule has 4 aromatic rings. The second-order valence-corrected chi connectivity index (χ2v) is 7.21. The highest BCUT2D eigenvalue weighted by molar-refractivity contribution is 6.34. The summed E-state index contributed by atoms with van der Waals surface area (Å²) in [6.45, 7) is 0.588. The van der Waals surface area contributed by atoms with Crippen molar-refractivity contribution in [3.05, 3.63) is 102 Å². The van der Waals surface area contributed by atoms with Crippen molar-refractivity contribution in [1.29, 1.82) is 0 Å². The molecule has 4 nitrogen and oxygen atoms in total. The van der Waals surface area contributed by atoms with Crippen molar-refractivity contribution in [2.24, 2.45) is 0 Å². The number of carbonyl (C=O) groups excluding carboxylic acids is 1. The highest BCUT2D eigenvalue weighted by Crippen LogP contribution is 2.32. The van der Waals surface area contributed by atoms with E-state index >= 15 is 0 Å². The van der Waals surface area contributed by atoms with E-state index in [1.807, 2.05) is 85.1 Å². The summed E-state index contributed by atoms with van der Waals surface area (Å²) >= 11 is 0. The standard InChI is InChI=1S/C26H20N2O2/c29-26-23(22-6-2-4-8-25(22)28-26)17-18-9-11-20(12-10-18)30-16-14-19-13-15-27-24-7-3-1-5-21(19)24/h1-13,15,17H,14,16H2,(H,28,29). The van der Waals surface area contributed by atoms with Gasteiger partial charge < -0.3 is 10.1 Å². The van der Waals surface area contributed by atoms with Crippen LogP contribution in [0.5, 0.6) is 5.75 Å². The maximum Gasteiger partial charge on any atom is 0.256 e. The average molecular weight is 392 g/mol. The Morgan fingerprint density at radius 2 is 1.70 bits per heavy atom. The van der Waals surface area contributed by atoms with Gasteiger partial charge in [-0.1, -0.05) is 48.5 Å². The number of hydrogen-bond acceptors (Lipinski definition) is 3. The molecule has 0 fully saturated rings. The number of anilines is 1. The molecule has 1 amide bonds. The summed E-state index contributed by atoms with van der Waals surface area (Å²) in [6, 6.07) is 25.8. The summed E-state index contributed by atoms with van der Waals surface area (Å²) in [4.78, 5) is 16.7. The minimum atomic E-state index is -0.0684. The van der Waals surface area contributed by atoms with Crippen LogP contribution in [0.25, 0.3) is 22.6 Å². The molecule has 4 heteroatoms. The number of hydrogen-bond donors (Lipinski definition) is 1. The Hall–Kier alpha value is -3.92. The second kappa shape index (κ2) is 7.84. The van der Waals surface area contributed by atoms with E-state index in [2.05, 4.69) is 16.4 Å². The summed E-state index contributed by atoms with van der Waals surface area (Å²) in [5, 5.41) is 4.07. The molecular formula is C26H20N2O2. The van der Waals surface area contributed by atoms with E-state index in [0.29, 0.717) is 12.2 Å². The Morgan fingerprint density at radius 3 is 2.60 bits per heavy atom. The van der Waals surface area contributed by atoms with Crippen molar-refractivity contribution in [3.8, 4) is 5.75 Å². The lowest BCUT2D eigenvalue weighted by molar-refractivity contribution is -0.110. The first kappa shape index (κ1) is 18.1.